The van der Waals surface area contributed by atoms with Crippen molar-refractivity contribution < 1.29 is 14.6 Å². The van der Waals surface area contributed by atoms with E-state index >= 15 is 0 Å². The van der Waals surface area contributed by atoms with Crippen LogP contribution >= 0.6 is 0 Å². The summed E-state index contributed by atoms with van der Waals surface area (Å²) in [6, 6.07) is 6.18. The van der Waals surface area contributed by atoms with Crippen molar-refractivity contribution in [2.75, 3.05) is 13.7 Å². The molecule has 2 N–H and O–H groups in total. The standard InChI is InChI=1S/C16H25NO3/c1-11(2)13-7-6-12(3)14(10-13)20-9-8-16(4,17-5)15(18)19/h6-7,10-11,17H,8-9H2,1-5H3,(H,18,19). The second-order valence-electron chi connectivity index (χ2n) is 5.67. The molecular formula is C16H25NO3. The average molecular weight is 279 g/mol. The van der Waals surface area contributed by atoms with Gasteiger partial charge in [0.05, 0.1) is 6.61 Å². The lowest BCUT2D eigenvalue weighted by atomic mass is 9.99. The first kappa shape index (κ1) is 16.5. The molecule has 0 saturated carbocycles. The molecule has 0 spiro atoms. The van der Waals surface area contributed by atoms with Crippen molar-refractivity contribution in [2.24, 2.45) is 0 Å². The van der Waals surface area contributed by atoms with E-state index < -0.39 is 11.5 Å². The number of carboxylic acids is 1. The fourth-order valence-corrected chi connectivity index (χ4v) is 1.84. The molecule has 0 amide bonds. The minimum Gasteiger partial charge on any atom is -0.493 e. The summed E-state index contributed by atoms with van der Waals surface area (Å²) in [5.74, 6) is 0.413. The van der Waals surface area contributed by atoms with Crippen LogP contribution < -0.4 is 10.1 Å². The van der Waals surface area contributed by atoms with Gasteiger partial charge < -0.3 is 15.2 Å². The fourth-order valence-electron chi connectivity index (χ4n) is 1.84. The van der Waals surface area contributed by atoms with Gasteiger partial charge in [-0.05, 0) is 44.0 Å². The fraction of sp³-hybridized carbons (Fsp3) is 0.562. The molecule has 1 unspecified atom stereocenters. The summed E-state index contributed by atoms with van der Waals surface area (Å²) in [5, 5.41) is 12.0. The predicted octanol–water partition coefficient (Wildman–Crippen LogP) is 2.95. The van der Waals surface area contributed by atoms with Crippen LogP contribution in [0.25, 0.3) is 0 Å². The van der Waals surface area contributed by atoms with Gasteiger partial charge in [-0.1, -0.05) is 26.0 Å². The third-order valence-electron chi connectivity index (χ3n) is 3.76. The molecule has 1 aromatic carbocycles. The number of nitrogens with one attached hydrogen (secondary N) is 1. The molecule has 0 radical (unpaired) electrons. The van der Waals surface area contributed by atoms with Crippen molar-refractivity contribution in [2.45, 2.75) is 45.6 Å². The molecular weight excluding hydrogens is 254 g/mol. The van der Waals surface area contributed by atoms with Gasteiger partial charge in [-0.15, -0.1) is 0 Å². The first-order chi connectivity index (χ1) is 9.30. The van der Waals surface area contributed by atoms with Crippen LogP contribution in [0.15, 0.2) is 18.2 Å². The van der Waals surface area contributed by atoms with Crippen molar-refractivity contribution in [3.63, 3.8) is 0 Å². The Morgan fingerprint density at radius 1 is 1.45 bits per heavy atom. The number of ether oxygens (including phenoxy) is 1. The van der Waals surface area contributed by atoms with Gasteiger partial charge in [0.15, 0.2) is 0 Å². The molecule has 0 aromatic heterocycles. The maximum atomic E-state index is 11.2. The van der Waals surface area contributed by atoms with Crippen molar-refractivity contribution in [1.82, 2.24) is 5.32 Å². The van der Waals surface area contributed by atoms with Crippen LogP contribution in [-0.4, -0.2) is 30.3 Å². The van der Waals surface area contributed by atoms with E-state index in [1.165, 1.54) is 5.56 Å². The van der Waals surface area contributed by atoms with Crippen LogP contribution in [-0.2, 0) is 4.79 Å². The highest BCUT2D eigenvalue weighted by Crippen LogP contribution is 2.24. The van der Waals surface area contributed by atoms with Gasteiger partial charge in [0.25, 0.3) is 0 Å². The second kappa shape index (κ2) is 6.75. The average Bonchev–Trinajstić information content (AvgIpc) is 2.40. The molecule has 0 aliphatic carbocycles. The largest absolute Gasteiger partial charge is 0.493 e. The van der Waals surface area contributed by atoms with Crippen molar-refractivity contribution >= 4 is 5.97 Å². The van der Waals surface area contributed by atoms with E-state index in [0.717, 1.165) is 11.3 Å². The highest BCUT2D eigenvalue weighted by molar-refractivity contribution is 5.78. The smallest absolute Gasteiger partial charge is 0.323 e. The Hall–Kier alpha value is -1.55. The van der Waals surface area contributed by atoms with Gasteiger partial charge in [-0.2, -0.15) is 0 Å². The van der Waals surface area contributed by atoms with E-state index in [0.29, 0.717) is 18.9 Å². The molecule has 0 heterocycles. The molecule has 4 heteroatoms. The predicted molar refractivity (Wildman–Crippen MR) is 80.5 cm³/mol. The summed E-state index contributed by atoms with van der Waals surface area (Å²) in [6.45, 7) is 8.30. The van der Waals surface area contributed by atoms with E-state index in [2.05, 4.69) is 25.2 Å². The Balaban J connectivity index is 2.71. The third-order valence-corrected chi connectivity index (χ3v) is 3.76. The molecule has 0 saturated heterocycles. The van der Waals surface area contributed by atoms with E-state index in [9.17, 15) is 9.90 Å². The topological polar surface area (TPSA) is 58.6 Å². The lowest BCUT2D eigenvalue weighted by molar-refractivity contribution is -0.144. The molecule has 112 valence electrons. The molecule has 0 bridgehead atoms. The van der Waals surface area contributed by atoms with Crippen LogP contribution in [0, 0.1) is 6.92 Å². The molecule has 1 rings (SSSR count). The Morgan fingerprint density at radius 3 is 2.60 bits per heavy atom. The van der Waals surface area contributed by atoms with Gasteiger partial charge in [-0.25, -0.2) is 0 Å². The number of likely N-dealkylation sites (N-methyl/N-ethyl adjacent to an activating group) is 1. The lowest BCUT2D eigenvalue weighted by Gasteiger charge is -2.24. The summed E-state index contributed by atoms with van der Waals surface area (Å²) < 4.78 is 5.77. The summed E-state index contributed by atoms with van der Waals surface area (Å²) in [4.78, 5) is 11.2. The summed E-state index contributed by atoms with van der Waals surface area (Å²) in [7, 11) is 1.65. The third kappa shape index (κ3) is 3.97. The normalized spacial score (nSPS) is 14.1. The number of hydrogen-bond acceptors (Lipinski definition) is 3. The molecule has 0 fully saturated rings. The molecule has 0 aliphatic heterocycles. The maximum Gasteiger partial charge on any atom is 0.323 e. The summed E-state index contributed by atoms with van der Waals surface area (Å²) >= 11 is 0. The molecule has 0 aliphatic rings. The number of rotatable bonds is 7. The van der Waals surface area contributed by atoms with E-state index in [-0.39, 0.29) is 0 Å². The van der Waals surface area contributed by atoms with E-state index in [4.69, 9.17) is 4.74 Å². The summed E-state index contributed by atoms with van der Waals surface area (Å²) in [6.07, 6.45) is 0.407. The Kier molecular flexibility index (Phi) is 5.57. The number of aryl methyl sites for hydroxylation is 1. The van der Waals surface area contributed by atoms with E-state index in [1.807, 2.05) is 19.1 Å². The Morgan fingerprint density at radius 2 is 2.10 bits per heavy atom. The lowest BCUT2D eigenvalue weighted by Crippen LogP contribution is -2.48. The zero-order chi connectivity index (χ0) is 15.3. The molecule has 1 aromatic rings. The van der Waals surface area contributed by atoms with E-state index in [1.54, 1.807) is 14.0 Å². The number of carbonyl (C=O) groups is 1. The molecule has 1 atom stereocenters. The Labute approximate surface area is 121 Å². The van der Waals surface area contributed by atoms with Gasteiger partial charge >= 0.3 is 5.97 Å². The summed E-state index contributed by atoms with van der Waals surface area (Å²) in [5.41, 5.74) is 1.33. The van der Waals surface area contributed by atoms with Crippen LogP contribution in [0.4, 0.5) is 0 Å². The zero-order valence-electron chi connectivity index (χ0n) is 13.0. The number of aliphatic carboxylic acids is 1. The number of benzene rings is 1. The van der Waals surface area contributed by atoms with Gasteiger partial charge in [0, 0.05) is 6.42 Å². The van der Waals surface area contributed by atoms with Gasteiger partial charge in [-0.3, -0.25) is 4.79 Å². The van der Waals surface area contributed by atoms with Gasteiger partial charge in [0.2, 0.25) is 0 Å². The minimum atomic E-state index is -0.955. The molecule has 20 heavy (non-hydrogen) atoms. The van der Waals surface area contributed by atoms with Crippen molar-refractivity contribution in [3.05, 3.63) is 29.3 Å². The maximum absolute atomic E-state index is 11.2. The minimum absolute atomic E-state index is 0.367. The first-order valence-corrected chi connectivity index (χ1v) is 6.96. The first-order valence-electron chi connectivity index (χ1n) is 6.96. The second-order valence-corrected chi connectivity index (χ2v) is 5.67. The number of hydrogen-bond donors (Lipinski definition) is 2. The van der Waals surface area contributed by atoms with Crippen LogP contribution in [0.1, 0.15) is 44.2 Å². The van der Waals surface area contributed by atoms with Crippen molar-refractivity contribution in [1.29, 1.82) is 0 Å². The SMILES string of the molecule is CNC(C)(CCOc1cc(C(C)C)ccc1C)C(=O)O. The highest BCUT2D eigenvalue weighted by Gasteiger charge is 2.30. The monoisotopic (exact) mass is 279 g/mol. The van der Waals surface area contributed by atoms with Crippen LogP contribution in [0.5, 0.6) is 5.75 Å². The Bertz CT molecular complexity index is 471. The van der Waals surface area contributed by atoms with Crippen LogP contribution in [0.2, 0.25) is 0 Å². The highest BCUT2D eigenvalue weighted by atomic mass is 16.5. The molecule has 4 nitrogen and oxygen atoms in total. The zero-order valence-corrected chi connectivity index (χ0v) is 13.0. The van der Waals surface area contributed by atoms with Gasteiger partial charge in [0.1, 0.15) is 11.3 Å². The quantitative estimate of drug-likeness (QED) is 0.805. The van der Waals surface area contributed by atoms with Crippen molar-refractivity contribution in [3.8, 4) is 5.75 Å². The number of carboxylic acid groups (broad SMARTS) is 1. The van der Waals surface area contributed by atoms with Crippen LogP contribution in [0.3, 0.4) is 0 Å².